The van der Waals surface area contributed by atoms with Gasteiger partial charge in [-0.1, -0.05) is 38.1 Å². The highest BCUT2D eigenvalue weighted by Crippen LogP contribution is 2.31. The molecule has 1 aliphatic rings. The normalized spacial score (nSPS) is 13.8. The van der Waals surface area contributed by atoms with Crippen molar-refractivity contribution in [3.8, 4) is 5.75 Å². The van der Waals surface area contributed by atoms with E-state index < -0.39 is 11.4 Å². The van der Waals surface area contributed by atoms with E-state index in [0.29, 0.717) is 19.5 Å². The fourth-order valence-corrected chi connectivity index (χ4v) is 3.69. The number of hydrogen-bond donors (Lipinski definition) is 1. The molecule has 0 bridgehead atoms. The Morgan fingerprint density at radius 3 is 2.59 bits per heavy atom. The second-order valence-electron chi connectivity index (χ2n) is 7.64. The first-order valence-electron chi connectivity index (χ1n) is 9.08. The van der Waals surface area contributed by atoms with E-state index in [1.54, 1.807) is 19.2 Å². The van der Waals surface area contributed by atoms with E-state index in [0.717, 1.165) is 28.9 Å². The molecule has 0 aliphatic carbocycles. The van der Waals surface area contributed by atoms with E-state index in [-0.39, 0.29) is 11.5 Å². The predicted octanol–water partition coefficient (Wildman–Crippen LogP) is 3.55. The number of carboxylic acid groups (broad SMARTS) is 1. The molecule has 0 fully saturated rings. The van der Waals surface area contributed by atoms with E-state index in [1.807, 2.05) is 49.1 Å². The number of aromatic carboxylic acids is 1. The summed E-state index contributed by atoms with van der Waals surface area (Å²) in [5.41, 5.74) is 2.71. The Labute approximate surface area is 159 Å². The van der Waals surface area contributed by atoms with Crippen molar-refractivity contribution in [2.24, 2.45) is 5.41 Å². The SMILES string of the molecule is COc1ccccc1CC(C)(C)C(=O)N1CCc2ccc(C(=O)O)cc2C1. The van der Waals surface area contributed by atoms with Crippen LogP contribution in [0.3, 0.4) is 0 Å². The first-order chi connectivity index (χ1) is 12.8. The van der Waals surface area contributed by atoms with Crippen LogP contribution < -0.4 is 4.74 Å². The lowest BCUT2D eigenvalue weighted by Gasteiger charge is -2.35. The first-order valence-corrected chi connectivity index (χ1v) is 9.08. The number of nitrogens with zero attached hydrogens (tertiary/aromatic N) is 1. The standard InChI is InChI=1S/C22H25NO4/c1-22(2,13-17-6-4-5-7-19(17)27-3)21(26)23-11-10-15-8-9-16(20(24)25)12-18(15)14-23/h4-9,12H,10-11,13-14H2,1-3H3,(H,24,25). The first kappa shape index (κ1) is 19.0. The number of rotatable bonds is 5. The number of methoxy groups -OCH3 is 1. The van der Waals surface area contributed by atoms with Crippen molar-refractivity contribution in [3.05, 3.63) is 64.7 Å². The number of carboxylic acids is 1. The van der Waals surface area contributed by atoms with Gasteiger partial charge in [-0.05, 0) is 47.7 Å². The van der Waals surface area contributed by atoms with Crippen LogP contribution in [0.15, 0.2) is 42.5 Å². The highest BCUT2D eigenvalue weighted by Gasteiger charge is 2.34. The molecule has 27 heavy (non-hydrogen) atoms. The van der Waals surface area contributed by atoms with Gasteiger partial charge in [-0.3, -0.25) is 4.79 Å². The van der Waals surface area contributed by atoms with Crippen LogP contribution in [0.5, 0.6) is 5.75 Å². The van der Waals surface area contributed by atoms with Crippen LogP contribution in [0.2, 0.25) is 0 Å². The molecule has 5 heteroatoms. The quantitative estimate of drug-likeness (QED) is 0.878. The molecule has 0 spiro atoms. The van der Waals surface area contributed by atoms with Crippen LogP contribution in [-0.4, -0.2) is 35.5 Å². The number of para-hydroxylation sites is 1. The number of ether oxygens (including phenoxy) is 1. The zero-order valence-corrected chi connectivity index (χ0v) is 16.0. The van der Waals surface area contributed by atoms with Crippen molar-refractivity contribution >= 4 is 11.9 Å². The van der Waals surface area contributed by atoms with Gasteiger partial charge in [0.15, 0.2) is 0 Å². The van der Waals surface area contributed by atoms with Gasteiger partial charge < -0.3 is 14.7 Å². The predicted molar refractivity (Wildman–Crippen MR) is 103 cm³/mol. The third kappa shape index (κ3) is 3.97. The molecule has 1 amide bonds. The Morgan fingerprint density at radius 1 is 1.15 bits per heavy atom. The molecule has 0 atom stereocenters. The van der Waals surface area contributed by atoms with Crippen molar-refractivity contribution in [3.63, 3.8) is 0 Å². The highest BCUT2D eigenvalue weighted by atomic mass is 16.5. The maximum absolute atomic E-state index is 13.2. The smallest absolute Gasteiger partial charge is 0.335 e. The summed E-state index contributed by atoms with van der Waals surface area (Å²) in [5.74, 6) is -0.0917. The van der Waals surface area contributed by atoms with Gasteiger partial charge in [0.2, 0.25) is 5.91 Å². The van der Waals surface area contributed by atoms with E-state index in [9.17, 15) is 14.7 Å². The van der Waals surface area contributed by atoms with E-state index in [4.69, 9.17) is 4.74 Å². The Hall–Kier alpha value is -2.82. The number of benzene rings is 2. The maximum Gasteiger partial charge on any atom is 0.335 e. The van der Waals surface area contributed by atoms with E-state index >= 15 is 0 Å². The summed E-state index contributed by atoms with van der Waals surface area (Å²) in [7, 11) is 1.63. The van der Waals surface area contributed by atoms with Crippen molar-refractivity contribution < 1.29 is 19.4 Å². The van der Waals surface area contributed by atoms with Crippen LogP contribution in [-0.2, 0) is 24.2 Å². The Morgan fingerprint density at radius 2 is 1.89 bits per heavy atom. The summed E-state index contributed by atoms with van der Waals surface area (Å²) in [5, 5.41) is 9.21. The van der Waals surface area contributed by atoms with Crippen LogP contribution in [0.25, 0.3) is 0 Å². The molecular formula is C22H25NO4. The summed E-state index contributed by atoms with van der Waals surface area (Å²) in [4.78, 5) is 26.3. The van der Waals surface area contributed by atoms with Gasteiger partial charge in [-0.2, -0.15) is 0 Å². The van der Waals surface area contributed by atoms with Gasteiger partial charge in [-0.15, -0.1) is 0 Å². The molecule has 142 valence electrons. The largest absolute Gasteiger partial charge is 0.496 e. The molecule has 0 saturated heterocycles. The molecule has 2 aromatic rings. The van der Waals surface area contributed by atoms with Crippen LogP contribution in [0.1, 0.15) is 40.9 Å². The van der Waals surface area contributed by atoms with Gasteiger partial charge in [0.1, 0.15) is 5.75 Å². The molecule has 3 rings (SSSR count). The lowest BCUT2D eigenvalue weighted by molar-refractivity contribution is -0.141. The summed E-state index contributed by atoms with van der Waals surface area (Å²) in [6, 6.07) is 12.9. The number of carbonyl (C=O) groups excluding carboxylic acids is 1. The molecular weight excluding hydrogens is 342 g/mol. The van der Waals surface area contributed by atoms with Crippen LogP contribution in [0.4, 0.5) is 0 Å². The highest BCUT2D eigenvalue weighted by molar-refractivity contribution is 5.88. The number of carbonyl (C=O) groups is 2. The molecule has 1 heterocycles. The zero-order chi connectivity index (χ0) is 19.6. The minimum atomic E-state index is -0.947. The fraction of sp³-hybridized carbons (Fsp3) is 0.364. The zero-order valence-electron chi connectivity index (χ0n) is 16.0. The Kier molecular flexibility index (Phi) is 5.22. The molecule has 0 aromatic heterocycles. The summed E-state index contributed by atoms with van der Waals surface area (Å²) < 4.78 is 5.42. The molecule has 5 nitrogen and oxygen atoms in total. The Bertz CT molecular complexity index is 872. The second kappa shape index (κ2) is 7.43. The average molecular weight is 367 g/mol. The third-order valence-corrected chi connectivity index (χ3v) is 5.16. The number of hydrogen-bond acceptors (Lipinski definition) is 3. The number of amides is 1. The fourth-order valence-electron chi connectivity index (χ4n) is 3.69. The van der Waals surface area contributed by atoms with Crippen molar-refractivity contribution in [1.82, 2.24) is 4.90 Å². The van der Waals surface area contributed by atoms with Gasteiger partial charge >= 0.3 is 5.97 Å². The molecule has 0 radical (unpaired) electrons. The minimum Gasteiger partial charge on any atom is -0.496 e. The summed E-state index contributed by atoms with van der Waals surface area (Å²) in [6.45, 7) is 4.99. The third-order valence-electron chi connectivity index (χ3n) is 5.16. The lowest BCUT2D eigenvalue weighted by atomic mass is 9.83. The number of fused-ring (bicyclic) bond motifs is 1. The molecule has 2 aromatic carbocycles. The minimum absolute atomic E-state index is 0.0692. The van der Waals surface area contributed by atoms with Crippen LogP contribution in [0, 0.1) is 5.41 Å². The average Bonchev–Trinajstić information content (AvgIpc) is 2.66. The molecule has 0 unspecified atom stereocenters. The summed E-state index contributed by atoms with van der Waals surface area (Å²) >= 11 is 0. The van der Waals surface area contributed by atoms with E-state index in [1.165, 1.54) is 0 Å². The molecule has 1 N–H and O–H groups in total. The van der Waals surface area contributed by atoms with Crippen molar-refractivity contribution in [2.45, 2.75) is 33.2 Å². The van der Waals surface area contributed by atoms with Gasteiger partial charge in [0.05, 0.1) is 12.7 Å². The van der Waals surface area contributed by atoms with Crippen molar-refractivity contribution in [2.75, 3.05) is 13.7 Å². The summed E-state index contributed by atoms with van der Waals surface area (Å²) in [6.07, 6.45) is 1.32. The van der Waals surface area contributed by atoms with Gasteiger partial charge in [-0.25, -0.2) is 4.79 Å². The topological polar surface area (TPSA) is 66.8 Å². The van der Waals surface area contributed by atoms with E-state index in [2.05, 4.69) is 0 Å². The van der Waals surface area contributed by atoms with Gasteiger partial charge in [0.25, 0.3) is 0 Å². The van der Waals surface area contributed by atoms with Crippen molar-refractivity contribution in [1.29, 1.82) is 0 Å². The Balaban J connectivity index is 1.79. The monoisotopic (exact) mass is 367 g/mol. The van der Waals surface area contributed by atoms with Crippen LogP contribution >= 0.6 is 0 Å². The second-order valence-corrected chi connectivity index (χ2v) is 7.64. The molecule has 1 aliphatic heterocycles. The lowest BCUT2D eigenvalue weighted by Crippen LogP contribution is -2.44. The van der Waals surface area contributed by atoms with Gasteiger partial charge in [0, 0.05) is 18.5 Å². The molecule has 0 saturated carbocycles. The maximum atomic E-state index is 13.2.